The van der Waals surface area contributed by atoms with Gasteiger partial charge in [-0.1, -0.05) is 27.7 Å². The fourth-order valence-corrected chi connectivity index (χ4v) is 2.55. The van der Waals surface area contributed by atoms with Crippen molar-refractivity contribution in [3.63, 3.8) is 0 Å². The lowest BCUT2D eigenvalue weighted by molar-refractivity contribution is 0.102. The van der Waals surface area contributed by atoms with Gasteiger partial charge < -0.3 is 0 Å². The molecule has 0 radical (unpaired) electrons. The topological polar surface area (TPSA) is 3.24 Å². The zero-order valence-electron chi connectivity index (χ0n) is 12.2. The molecular formula is C15H31N. The first-order valence-corrected chi connectivity index (χ1v) is 7.17. The van der Waals surface area contributed by atoms with E-state index in [2.05, 4.69) is 46.4 Å². The van der Waals surface area contributed by atoms with Gasteiger partial charge in [0.05, 0.1) is 0 Å². The molecule has 0 aromatic carbocycles. The first kappa shape index (κ1) is 14.0. The highest BCUT2D eigenvalue weighted by Gasteiger charge is 2.30. The molecule has 0 amide bonds. The van der Waals surface area contributed by atoms with Crippen LogP contribution in [0.5, 0.6) is 0 Å². The molecule has 16 heavy (non-hydrogen) atoms. The van der Waals surface area contributed by atoms with Crippen LogP contribution in [0.4, 0.5) is 0 Å². The van der Waals surface area contributed by atoms with Crippen LogP contribution in [-0.2, 0) is 0 Å². The van der Waals surface area contributed by atoms with E-state index >= 15 is 0 Å². The Morgan fingerprint density at radius 3 is 1.94 bits per heavy atom. The molecule has 0 aromatic heterocycles. The highest BCUT2D eigenvalue weighted by molar-refractivity contribution is 4.84. The summed E-state index contributed by atoms with van der Waals surface area (Å²) in [7, 11) is 0. The molecule has 1 aliphatic rings. The molecule has 0 spiro atoms. The van der Waals surface area contributed by atoms with Crippen LogP contribution in [0.3, 0.4) is 0 Å². The minimum atomic E-state index is 0.731. The molecule has 1 fully saturated rings. The van der Waals surface area contributed by atoms with E-state index in [0.717, 1.165) is 29.8 Å². The van der Waals surface area contributed by atoms with Crippen molar-refractivity contribution in [1.82, 2.24) is 4.90 Å². The maximum absolute atomic E-state index is 2.77. The Labute approximate surface area is 103 Å². The van der Waals surface area contributed by atoms with Crippen LogP contribution in [0.2, 0.25) is 0 Å². The molecule has 2 atom stereocenters. The van der Waals surface area contributed by atoms with Crippen LogP contribution >= 0.6 is 0 Å². The van der Waals surface area contributed by atoms with Crippen molar-refractivity contribution in [2.24, 2.45) is 17.8 Å². The minimum Gasteiger partial charge on any atom is -0.297 e. The number of hydrogen-bond acceptors (Lipinski definition) is 1. The highest BCUT2D eigenvalue weighted by Crippen LogP contribution is 2.32. The van der Waals surface area contributed by atoms with Crippen LogP contribution in [0.15, 0.2) is 0 Å². The lowest BCUT2D eigenvalue weighted by atomic mass is 9.98. The summed E-state index contributed by atoms with van der Waals surface area (Å²) in [5.74, 6) is 2.60. The van der Waals surface area contributed by atoms with Gasteiger partial charge in [0.2, 0.25) is 0 Å². The van der Waals surface area contributed by atoms with Crippen LogP contribution in [0, 0.1) is 17.8 Å². The van der Waals surface area contributed by atoms with Crippen molar-refractivity contribution in [1.29, 1.82) is 0 Å². The molecule has 1 aliphatic carbocycles. The second kappa shape index (κ2) is 6.05. The lowest BCUT2D eigenvalue weighted by Crippen LogP contribution is -2.44. The van der Waals surface area contributed by atoms with E-state index in [9.17, 15) is 0 Å². The summed E-state index contributed by atoms with van der Waals surface area (Å²) in [6, 6.07) is 1.48. The van der Waals surface area contributed by atoms with Crippen molar-refractivity contribution >= 4 is 0 Å². The summed E-state index contributed by atoms with van der Waals surface area (Å²) in [6.45, 7) is 15.6. The van der Waals surface area contributed by atoms with Crippen molar-refractivity contribution < 1.29 is 0 Å². The summed E-state index contributed by atoms with van der Waals surface area (Å²) >= 11 is 0. The second-order valence-electron chi connectivity index (χ2n) is 6.60. The Hall–Kier alpha value is -0.0400. The zero-order chi connectivity index (χ0) is 12.3. The summed E-state index contributed by atoms with van der Waals surface area (Å²) < 4.78 is 0. The Kier molecular flexibility index (Phi) is 5.30. The molecule has 1 rings (SSSR count). The molecule has 96 valence electrons. The first-order chi connectivity index (χ1) is 7.41. The monoisotopic (exact) mass is 225 g/mol. The number of hydrogen-bond donors (Lipinski definition) is 0. The minimum absolute atomic E-state index is 0.731. The molecule has 0 N–H and O–H groups in total. The Morgan fingerprint density at radius 1 is 1.00 bits per heavy atom. The van der Waals surface area contributed by atoms with Gasteiger partial charge in [-0.15, -0.1) is 0 Å². The maximum Gasteiger partial charge on any atom is 0.00928 e. The number of rotatable bonds is 7. The highest BCUT2D eigenvalue weighted by atomic mass is 15.2. The van der Waals surface area contributed by atoms with Crippen molar-refractivity contribution in [2.45, 2.75) is 72.9 Å². The summed E-state index contributed by atoms with van der Waals surface area (Å²) in [6.07, 6.45) is 4.27. The third-order valence-electron chi connectivity index (χ3n) is 4.03. The van der Waals surface area contributed by atoms with Crippen LogP contribution in [0.25, 0.3) is 0 Å². The summed E-state index contributed by atoms with van der Waals surface area (Å²) in [5, 5.41) is 0. The molecule has 0 aromatic rings. The number of nitrogens with zero attached hydrogens (tertiary/aromatic N) is 1. The molecule has 0 heterocycles. The Balaban J connectivity index is 2.53. The van der Waals surface area contributed by atoms with Gasteiger partial charge in [0.1, 0.15) is 0 Å². The van der Waals surface area contributed by atoms with Gasteiger partial charge in [0.15, 0.2) is 0 Å². The van der Waals surface area contributed by atoms with Crippen molar-refractivity contribution in [3.8, 4) is 0 Å². The molecule has 0 bridgehead atoms. The van der Waals surface area contributed by atoms with E-state index in [4.69, 9.17) is 0 Å². The average molecular weight is 225 g/mol. The molecule has 0 aliphatic heterocycles. The quantitative estimate of drug-likeness (QED) is 0.628. The maximum atomic E-state index is 2.77. The molecule has 1 nitrogen and oxygen atoms in total. The second-order valence-corrected chi connectivity index (χ2v) is 6.60. The van der Waals surface area contributed by atoms with E-state index in [0.29, 0.717) is 0 Å². The lowest BCUT2D eigenvalue weighted by Gasteiger charge is -2.37. The van der Waals surface area contributed by atoms with Crippen molar-refractivity contribution in [2.75, 3.05) is 6.54 Å². The van der Waals surface area contributed by atoms with Crippen molar-refractivity contribution in [3.05, 3.63) is 0 Å². The van der Waals surface area contributed by atoms with Crippen LogP contribution in [-0.4, -0.2) is 23.5 Å². The Bertz CT molecular complexity index is 194. The fourth-order valence-electron chi connectivity index (χ4n) is 2.55. The van der Waals surface area contributed by atoms with E-state index < -0.39 is 0 Å². The van der Waals surface area contributed by atoms with E-state index in [1.54, 1.807) is 0 Å². The molecule has 1 saturated carbocycles. The van der Waals surface area contributed by atoms with E-state index in [1.165, 1.54) is 25.8 Å². The standard InChI is InChI=1S/C15H31N/c1-11(2)9-13(5)16(10-15-7-8-15)14(6)12(3)4/h11-15H,7-10H2,1-6H3/t13-,14-/m0/s1. The SMILES string of the molecule is CC(C)C[C@H](C)N(CC1CC1)[C@@H](C)C(C)C. The predicted octanol–water partition coefficient (Wildman–Crippen LogP) is 4.18. The van der Waals surface area contributed by atoms with E-state index in [1.807, 2.05) is 0 Å². The van der Waals surface area contributed by atoms with Gasteiger partial charge in [0.25, 0.3) is 0 Å². The predicted molar refractivity (Wildman–Crippen MR) is 72.6 cm³/mol. The zero-order valence-corrected chi connectivity index (χ0v) is 12.2. The summed E-state index contributed by atoms with van der Waals surface area (Å²) in [4.78, 5) is 2.77. The third-order valence-corrected chi connectivity index (χ3v) is 4.03. The normalized spacial score (nSPS) is 20.8. The van der Waals surface area contributed by atoms with Crippen LogP contribution < -0.4 is 0 Å². The summed E-state index contributed by atoms with van der Waals surface area (Å²) in [5.41, 5.74) is 0. The van der Waals surface area contributed by atoms with Gasteiger partial charge in [-0.25, -0.2) is 0 Å². The van der Waals surface area contributed by atoms with Gasteiger partial charge in [-0.3, -0.25) is 4.90 Å². The smallest absolute Gasteiger partial charge is 0.00928 e. The van der Waals surface area contributed by atoms with E-state index in [-0.39, 0.29) is 0 Å². The molecule has 0 saturated heterocycles. The average Bonchev–Trinajstić information content (AvgIpc) is 2.95. The third kappa shape index (κ3) is 4.45. The Morgan fingerprint density at radius 2 is 1.56 bits per heavy atom. The largest absolute Gasteiger partial charge is 0.297 e. The molecule has 0 unspecified atom stereocenters. The van der Waals surface area contributed by atoms with Gasteiger partial charge in [-0.05, 0) is 50.9 Å². The van der Waals surface area contributed by atoms with Crippen LogP contribution in [0.1, 0.15) is 60.8 Å². The van der Waals surface area contributed by atoms with Gasteiger partial charge in [-0.2, -0.15) is 0 Å². The molecular weight excluding hydrogens is 194 g/mol. The molecule has 1 heteroatoms. The van der Waals surface area contributed by atoms with Gasteiger partial charge >= 0.3 is 0 Å². The first-order valence-electron chi connectivity index (χ1n) is 7.17. The fraction of sp³-hybridized carbons (Fsp3) is 1.00. The van der Waals surface area contributed by atoms with Gasteiger partial charge in [0, 0.05) is 18.6 Å².